The van der Waals surface area contributed by atoms with Crippen LogP contribution in [-0.4, -0.2) is 44.4 Å². The van der Waals surface area contributed by atoms with Crippen molar-refractivity contribution in [3.63, 3.8) is 0 Å². The van der Waals surface area contributed by atoms with Crippen LogP contribution >= 0.6 is 0 Å². The molecule has 36 heavy (non-hydrogen) atoms. The van der Waals surface area contributed by atoms with E-state index in [-0.39, 0.29) is 0 Å². The van der Waals surface area contributed by atoms with E-state index in [0.29, 0.717) is 23.9 Å². The van der Waals surface area contributed by atoms with Gasteiger partial charge in [-0.3, -0.25) is 0 Å². The summed E-state index contributed by atoms with van der Waals surface area (Å²) in [6.45, 7) is 4.11. The van der Waals surface area contributed by atoms with Gasteiger partial charge in [0.05, 0.1) is 13.2 Å². The fourth-order valence-electron chi connectivity index (χ4n) is 10.4. The monoisotopic (exact) mass is 502 g/mol. The van der Waals surface area contributed by atoms with Gasteiger partial charge in [-0.15, -0.1) is 0 Å². The van der Waals surface area contributed by atoms with Gasteiger partial charge in [-0.25, -0.2) is 0 Å². The van der Waals surface area contributed by atoms with E-state index in [1.807, 2.05) is 0 Å². The smallest absolute Gasteiger partial charge is 0.119 e. The Morgan fingerprint density at radius 3 is 1.33 bits per heavy atom. The van der Waals surface area contributed by atoms with Gasteiger partial charge in [0.2, 0.25) is 0 Å². The van der Waals surface area contributed by atoms with Crippen LogP contribution in [0.15, 0.2) is 0 Å². The summed E-state index contributed by atoms with van der Waals surface area (Å²) in [5, 5.41) is 8.74. The van der Waals surface area contributed by atoms with Gasteiger partial charge in [0.1, 0.15) is 6.29 Å². The lowest BCUT2D eigenvalue weighted by molar-refractivity contribution is -0.108. The fourth-order valence-corrected chi connectivity index (χ4v) is 10.4. The van der Waals surface area contributed by atoms with Crippen molar-refractivity contribution in [3.8, 4) is 0 Å². The van der Waals surface area contributed by atoms with Crippen molar-refractivity contribution in [1.82, 2.24) is 0 Å². The van der Waals surface area contributed by atoms with Gasteiger partial charge in [0, 0.05) is 26.2 Å². The number of rotatable bonds is 14. The summed E-state index contributed by atoms with van der Waals surface area (Å²) in [5.41, 5.74) is 1.13. The molecule has 8 aliphatic rings. The number of aldehydes is 1. The van der Waals surface area contributed by atoms with Crippen LogP contribution in [0, 0.1) is 46.3 Å². The first kappa shape index (κ1) is 27.1. The van der Waals surface area contributed by atoms with Crippen molar-refractivity contribution in [2.75, 3.05) is 33.0 Å². The predicted molar refractivity (Wildman–Crippen MR) is 144 cm³/mol. The SMILES string of the molecule is O=CCCCCOCC12CC3CC(CC(C3)C1)C2.OCCCCCOCC12CC3CC(CC(C3)C1)C2. The Bertz CT molecular complexity index is 617. The Labute approximate surface area is 220 Å². The molecule has 0 aromatic heterocycles. The lowest BCUT2D eigenvalue weighted by atomic mass is 9.50. The van der Waals surface area contributed by atoms with Crippen LogP contribution in [0.2, 0.25) is 0 Å². The van der Waals surface area contributed by atoms with Crippen molar-refractivity contribution in [2.24, 2.45) is 46.3 Å². The number of carbonyl (C=O) groups excluding carboxylic acids is 1. The van der Waals surface area contributed by atoms with Crippen molar-refractivity contribution in [2.45, 2.75) is 116 Å². The number of aliphatic hydroxyl groups excluding tert-OH is 1. The number of ether oxygens (including phenoxy) is 2. The molecule has 8 saturated carbocycles. The molecule has 0 heterocycles. The highest BCUT2D eigenvalue weighted by molar-refractivity contribution is 5.48. The van der Waals surface area contributed by atoms with E-state index in [4.69, 9.17) is 14.6 Å². The third-order valence-corrected chi connectivity index (χ3v) is 11.0. The maximum Gasteiger partial charge on any atom is 0.119 e. The van der Waals surface area contributed by atoms with Gasteiger partial charge in [0.15, 0.2) is 0 Å². The minimum absolute atomic E-state index is 0.328. The van der Waals surface area contributed by atoms with Gasteiger partial charge >= 0.3 is 0 Å². The minimum Gasteiger partial charge on any atom is -0.396 e. The standard InChI is InChI=1S/C16H28O2.C16H26O2/c2*17-4-2-1-3-5-18-12-16-9-13-6-14(10-16)8-15(7-13)11-16/h13-15,17H,1-12H2;4,13-15H,1-3,5-12H2. The molecule has 1 N–H and O–H groups in total. The number of carbonyl (C=O) groups is 1. The zero-order valence-corrected chi connectivity index (χ0v) is 23.0. The second-order valence-corrected chi connectivity index (χ2v) is 14.4. The molecule has 0 amide bonds. The molecule has 8 rings (SSSR count). The van der Waals surface area contributed by atoms with E-state index in [1.165, 1.54) is 77.0 Å². The van der Waals surface area contributed by atoms with Crippen molar-refractivity contribution in [3.05, 3.63) is 0 Å². The van der Waals surface area contributed by atoms with Crippen molar-refractivity contribution in [1.29, 1.82) is 0 Å². The molecule has 0 spiro atoms. The quantitative estimate of drug-likeness (QED) is 0.206. The van der Waals surface area contributed by atoms with Gasteiger partial charge in [-0.2, -0.15) is 0 Å². The van der Waals surface area contributed by atoms with E-state index in [0.717, 1.165) is 100 Å². The first-order valence-electron chi connectivity index (χ1n) is 15.8. The van der Waals surface area contributed by atoms with Gasteiger partial charge < -0.3 is 19.4 Å². The van der Waals surface area contributed by atoms with E-state index in [1.54, 1.807) is 0 Å². The van der Waals surface area contributed by atoms with Gasteiger partial charge in [-0.05, 0) is 155 Å². The van der Waals surface area contributed by atoms with Crippen LogP contribution in [0.25, 0.3) is 0 Å². The highest BCUT2D eigenvalue weighted by atomic mass is 16.5. The predicted octanol–water partition coefficient (Wildman–Crippen LogP) is 6.97. The normalized spacial score (nSPS) is 41.4. The maximum atomic E-state index is 10.2. The Kier molecular flexibility index (Phi) is 9.50. The zero-order valence-electron chi connectivity index (χ0n) is 23.0. The molecule has 0 unspecified atom stereocenters. The molecule has 206 valence electrons. The molecule has 0 saturated heterocycles. The third kappa shape index (κ3) is 6.94. The fraction of sp³-hybridized carbons (Fsp3) is 0.969. The highest BCUT2D eigenvalue weighted by Crippen LogP contribution is 2.61. The number of unbranched alkanes of at least 4 members (excludes halogenated alkanes) is 4. The first-order valence-corrected chi connectivity index (χ1v) is 15.8. The Hall–Kier alpha value is -0.450. The van der Waals surface area contributed by atoms with Crippen molar-refractivity contribution >= 4 is 6.29 Å². The van der Waals surface area contributed by atoms with E-state index in [9.17, 15) is 4.79 Å². The van der Waals surface area contributed by atoms with Crippen molar-refractivity contribution < 1.29 is 19.4 Å². The minimum atomic E-state index is 0.328. The number of hydrogen-bond acceptors (Lipinski definition) is 4. The molecular formula is C32H54O4. The van der Waals surface area contributed by atoms with Crippen LogP contribution in [0.5, 0.6) is 0 Å². The highest BCUT2D eigenvalue weighted by Gasteiger charge is 2.51. The Morgan fingerprint density at radius 1 is 0.583 bits per heavy atom. The summed E-state index contributed by atoms with van der Waals surface area (Å²) in [7, 11) is 0. The average molecular weight is 503 g/mol. The molecule has 0 aromatic rings. The summed E-state index contributed by atoms with van der Waals surface area (Å²) in [6.07, 6.45) is 24.7. The second kappa shape index (κ2) is 12.6. The molecule has 8 bridgehead atoms. The summed E-state index contributed by atoms with van der Waals surface area (Å²) >= 11 is 0. The summed E-state index contributed by atoms with van der Waals surface area (Å²) < 4.78 is 11.9. The summed E-state index contributed by atoms with van der Waals surface area (Å²) in [6, 6.07) is 0. The number of hydrogen-bond donors (Lipinski definition) is 1. The van der Waals surface area contributed by atoms with Crippen LogP contribution in [0.1, 0.15) is 116 Å². The summed E-state index contributed by atoms with van der Waals surface area (Å²) in [5.74, 6) is 6.18. The molecule has 4 nitrogen and oxygen atoms in total. The molecule has 8 fully saturated rings. The Morgan fingerprint density at radius 2 is 0.972 bits per heavy atom. The topological polar surface area (TPSA) is 55.8 Å². The van der Waals surface area contributed by atoms with Gasteiger partial charge in [0.25, 0.3) is 0 Å². The number of aliphatic hydroxyl groups is 1. The molecule has 0 aliphatic heterocycles. The molecule has 0 radical (unpaired) electrons. The second-order valence-electron chi connectivity index (χ2n) is 14.4. The zero-order chi connectivity index (χ0) is 24.8. The lowest BCUT2D eigenvalue weighted by Crippen LogP contribution is -2.48. The first-order chi connectivity index (χ1) is 17.6. The average Bonchev–Trinajstić information content (AvgIpc) is 2.82. The van der Waals surface area contributed by atoms with Crippen LogP contribution < -0.4 is 0 Å². The molecular weight excluding hydrogens is 448 g/mol. The molecule has 0 aromatic carbocycles. The van der Waals surface area contributed by atoms with Crippen LogP contribution in [-0.2, 0) is 14.3 Å². The molecule has 4 heteroatoms. The Balaban J connectivity index is 0.000000148. The van der Waals surface area contributed by atoms with E-state index in [2.05, 4.69) is 0 Å². The van der Waals surface area contributed by atoms with E-state index >= 15 is 0 Å². The van der Waals surface area contributed by atoms with E-state index < -0.39 is 0 Å². The molecule has 8 aliphatic carbocycles. The largest absolute Gasteiger partial charge is 0.396 e. The van der Waals surface area contributed by atoms with Crippen LogP contribution in [0.4, 0.5) is 0 Å². The summed E-state index contributed by atoms with van der Waals surface area (Å²) in [4.78, 5) is 10.2. The maximum absolute atomic E-state index is 10.2. The lowest BCUT2D eigenvalue weighted by Gasteiger charge is -2.56. The third-order valence-electron chi connectivity index (χ3n) is 11.0. The van der Waals surface area contributed by atoms with Gasteiger partial charge in [-0.1, -0.05) is 0 Å². The molecule has 0 atom stereocenters. The van der Waals surface area contributed by atoms with Crippen LogP contribution in [0.3, 0.4) is 0 Å².